The molecule has 8 rings (SSSR count). The Bertz CT molecular complexity index is 2150. The molecule has 186 valence electrons. The van der Waals surface area contributed by atoms with Gasteiger partial charge in [-0.3, -0.25) is 0 Å². The van der Waals surface area contributed by atoms with Crippen LogP contribution in [-0.4, -0.2) is 0 Å². The molecule has 0 aliphatic rings. The van der Waals surface area contributed by atoms with Crippen LogP contribution in [0.4, 0.5) is 0 Å². The van der Waals surface area contributed by atoms with E-state index in [1.807, 2.05) is 0 Å². The quantitative estimate of drug-likeness (QED) is 0.209. The highest BCUT2D eigenvalue weighted by Crippen LogP contribution is 2.44. The molecular formula is C40H26. The van der Waals surface area contributed by atoms with Gasteiger partial charge in [-0.25, -0.2) is 0 Å². The third-order valence-corrected chi connectivity index (χ3v) is 8.26. The summed E-state index contributed by atoms with van der Waals surface area (Å²) in [5.41, 5.74) is 7.62. The van der Waals surface area contributed by atoms with Crippen molar-refractivity contribution in [2.75, 3.05) is 0 Å². The molecule has 0 heteroatoms. The van der Waals surface area contributed by atoms with E-state index >= 15 is 0 Å². The first-order chi connectivity index (χ1) is 19.9. The number of rotatable bonds is 3. The molecule has 40 heavy (non-hydrogen) atoms. The van der Waals surface area contributed by atoms with Crippen LogP contribution in [0.1, 0.15) is 0 Å². The van der Waals surface area contributed by atoms with E-state index in [-0.39, 0.29) is 0 Å². The average molecular weight is 507 g/mol. The second kappa shape index (κ2) is 9.22. The van der Waals surface area contributed by atoms with Crippen LogP contribution in [-0.2, 0) is 0 Å². The Balaban J connectivity index is 1.42. The average Bonchev–Trinajstić information content (AvgIpc) is 3.03. The van der Waals surface area contributed by atoms with Crippen molar-refractivity contribution in [2.45, 2.75) is 0 Å². The van der Waals surface area contributed by atoms with Crippen molar-refractivity contribution in [3.05, 3.63) is 158 Å². The Morgan fingerprint density at radius 1 is 0.250 bits per heavy atom. The number of benzene rings is 8. The monoisotopic (exact) mass is 506 g/mol. The Morgan fingerprint density at radius 3 is 1.18 bits per heavy atom. The van der Waals surface area contributed by atoms with Crippen LogP contribution >= 0.6 is 0 Å². The third kappa shape index (κ3) is 3.54. The lowest BCUT2D eigenvalue weighted by Crippen LogP contribution is -1.91. The second-order valence-corrected chi connectivity index (χ2v) is 10.5. The first kappa shape index (κ1) is 22.8. The van der Waals surface area contributed by atoms with Gasteiger partial charge in [-0.15, -0.1) is 0 Å². The fraction of sp³-hybridized carbons (Fsp3) is 0. The first-order valence-electron chi connectivity index (χ1n) is 13.9. The van der Waals surface area contributed by atoms with Crippen molar-refractivity contribution < 1.29 is 0 Å². The van der Waals surface area contributed by atoms with Crippen molar-refractivity contribution in [2.24, 2.45) is 0 Å². The van der Waals surface area contributed by atoms with Gasteiger partial charge in [0.2, 0.25) is 0 Å². The van der Waals surface area contributed by atoms with Crippen LogP contribution in [0.3, 0.4) is 0 Å². The minimum atomic E-state index is 1.24. The van der Waals surface area contributed by atoms with Gasteiger partial charge >= 0.3 is 0 Å². The van der Waals surface area contributed by atoms with E-state index in [0.29, 0.717) is 0 Å². The molecule has 0 aliphatic carbocycles. The summed E-state index contributed by atoms with van der Waals surface area (Å²) in [5.74, 6) is 0. The summed E-state index contributed by atoms with van der Waals surface area (Å²) in [6.07, 6.45) is 0. The normalized spacial score (nSPS) is 11.5. The van der Waals surface area contributed by atoms with E-state index in [2.05, 4.69) is 158 Å². The molecule has 8 aromatic rings. The Kier molecular flexibility index (Phi) is 5.24. The van der Waals surface area contributed by atoms with Crippen molar-refractivity contribution in [1.29, 1.82) is 0 Å². The Hall–Kier alpha value is -5.20. The zero-order chi connectivity index (χ0) is 26.5. The largest absolute Gasteiger partial charge is 0.0622 e. The first-order valence-corrected chi connectivity index (χ1v) is 13.9. The van der Waals surface area contributed by atoms with Crippen molar-refractivity contribution in [3.63, 3.8) is 0 Å². The summed E-state index contributed by atoms with van der Waals surface area (Å²) in [7, 11) is 0. The molecule has 0 aromatic heterocycles. The van der Waals surface area contributed by atoms with Gasteiger partial charge in [-0.05, 0) is 82.5 Å². The second-order valence-electron chi connectivity index (χ2n) is 10.5. The molecule has 0 aliphatic heterocycles. The lowest BCUT2D eigenvalue weighted by molar-refractivity contribution is 1.64. The maximum absolute atomic E-state index is 2.34. The van der Waals surface area contributed by atoms with Gasteiger partial charge in [0, 0.05) is 0 Å². The molecule has 0 heterocycles. The lowest BCUT2D eigenvalue weighted by Gasteiger charge is -2.18. The summed E-state index contributed by atoms with van der Waals surface area (Å²) in [6, 6.07) is 57.5. The molecule has 0 saturated carbocycles. The van der Waals surface area contributed by atoms with Gasteiger partial charge in [0.05, 0.1) is 0 Å². The van der Waals surface area contributed by atoms with Gasteiger partial charge in [0.15, 0.2) is 0 Å². The predicted octanol–water partition coefficient (Wildman–Crippen LogP) is 11.3. The SMILES string of the molecule is c1ccc(-c2ccc(-c3ccc(-c4c5ccccc5cc5ccccc45)c4ccccc34)c3ccccc23)cc1. The van der Waals surface area contributed by atoms with Crippen LogP contribution in [0.2, 0.25) is 0 Å². The summed E-state index contributed by atoms with van der Waals surface area (Å²) in [4.78, 5) is 0. The minimum absolute atomic E-state index is 1.24. The van der Waals surface area contributed by atoms with E-state index in [1.165, 1.54) is 76.5 Å². The van der Waals surface area contributed by atoms with E-state index in [0.717, 1.165) is 0 Å². The van der Waals surface area contributed by atoms with Crippen molar-refractivity contribution in [1.82, 2.24) is 0 Å². The molecule has 8 aromatic carbocycles. The van der Waals surface area contributed by atoms with Crippen LogP contribution < -0.4 is 0 Å². The molecule has 0 bridgehead atoms. The zero-order valence-corrected chi connectivity index (χ0v) is 22.0. The van der Waals surface area contributed by atoms with Crippen LogP contribution in [0.25, 0.3) is 76.5 Å². The molecule has 0 N–H and O–H groups in total. The minimum Gasteiger partial charge on any atom is -0.0622 e. The topological polar surface area (TPSA) is 0 Å². The van der Waals surface area contributed by atoms with Gasteiger partial charge < -0.3 is 0 Å². The Labute approximate surface area is 233 Å². The maximum atomic E-state index is 2.34. The molecule has 0 fully saturated rings. The maximum Gasteiger partial charge on any atom is -0.00206 e. The Morgan fingerprint density at radius 2 is 0.625 bits per heavy atom. The molecule has 0 saturated heterocycles. The molecular weight excluding hydrogens is 480 g/mol. The van der Waals surface area contributed by atoms with E-state index in [9.17, 15) is 0 Å². The highest BCUT2D eigenvalue weighted by Gasteiger charge is 2.16. The highest BCUT2D eigenvalue weighted by atomic mass is 14.2. The van der Waals surface area contributed by atoms with Gasteiger partial charge in [-0.1, -0.05) is 152 Å². The summed E-state index contributed by atoms with van der Waals surface area (Å²) in [6.45, 7) is 0. The smallest absolute Gasteiger partial charge is 0.00206 e. The predicted molar refractivity (Wildman–Crippen MR) is 173 cm³/mol. The van der Waals surface area contributed by atoms with Crippen molar-refractivity contribution >= 4 is 43.1 Å². The third-order valence-electron chi connectivity index (χ3n) is 8.26. The molecule has 0 nitrogen and oxygen atoms in total. The van der Waals surface area contributed by atoms with Crippen LogP contribution in [0, 0.1) is 0 Å². The molecule has 0 unspecified atom stereocenters. The summed E-state index contributed by atoms with van der Waals surface area (Å²) in [5, 5.41) is 10.2. The summed E-state index contributed by atoms with van der Waals surface area (Å²) >= 11 is 0. The number of fused-ring (bicyclic) bond motifs is 4. The number of hydrogen-bond donors (Lipinski definition) is 0. The number of hydrogen-bond acceptors (Lipinski definition) is 0. The highest BCUT2D eigenvalue weighted by molar-refractivity contribution is 6.19. The van der Waals surface area contributed by atoms with Crippen LogP contribution in [0.5, 0.6) is 0 Å². The van der Waals surface area contributed by atoms with E-state index in [4.69, 9.17) is 0 Å². The van der Waals surface area contributed by atoms with Gasteiger partial charge in [0.25, 0.3) is 0 Å². The molecule has 0 atom stereocenters. The van der Waals surface area contributed by atoms with Gasteiger partial charge in [0.1, 0.15) is 0 Å². The molecule has 0 amide bonds. The molecule has 0 radical (unpaired) electrons. The van der Waals surface area contributed by atoms with E-state index in [1.54, 1.807) is 0 Å². The standard InChI is InChI=1S/C40H26/c1-2-12-27(13-3-1)30-22-23-37(34-19-9-8-18-33(30)34)38-24-25-39(36-21-11-10-20-35(36)38)40-31-16-6-4-14-28(31)26-29-15-5-7-17-32(29)40/h1-26H. The van der Waals surface area contributed by atoms with Gasteiger partial charge in [-0.2, -0.15) is 0 Å². The van der Waals surface area contributed by atoms with Crippen molar-refractivity contribution in [3.8, 4) is 33.4 Å². The lowest BCUT2D eigenvalue weighted by atomic mass is 9.86. The summed E-state index contributed by atoms with van der Waals surface area (Å²) < 4.78 is 0. The van der Waals surface area contributed by atoms with E-state index < -0.39 is 0 Å². The zero-order valence-electron chi connectivity index (χ0n) is 22.0. The molecule has 0 spiro atoms. The fourth-order valence-corrected chi connectivity index (χ4v) is 6.46. The van der Waals surface area contributed by atoms with Crippen LogP contribution in [0.15, 0.2) is 158 Å². The fourth-order valence-electron chi connectivity index (χ4n) is 6.46.